The van der Waals surface area contributed by atoms with E-state index < -0.39 is 0 Å². The smallest absolute Gasteiger partial charge is 0.239 e. The summed E-state index contributed by atoms with van der Waals surface area (Å²) in [4.78, 5) is 12.1. The van der Waals surface area contributed by atoms with Crippen molar-refractivity contribution < 1.29 is 4.74 Å². The van der Waals surface area contributed by atoms with Crippen molar-refractivity contribution >= 4 is 22.7 Å². The van der Waals surface area contributed by atoms with E-state index in [9.17, 15) is 0 Å². The molecule has 0 spiro atoms. The molecule has 1 unspecified atom stereocenters. The summed E-state index contributed by atoms with van der Waals surface area (Å²) < 4.78 is 5.40. The highest BCUT2D eigenvalue weighted by Crippen LogP contribution is 2.36. The van der Waals surface area contributed by atoms with Gasteiger partial charge in [-0.25, -0.2) is 9.97 Å². The summed E-state index contributed by atoms with van der Waals surface area (Å²) in [7, 11) is 5.65. The van der Waals surface area contributed by atoms with E-state index in [1.807, 2.05) is 38.9 Å². The summed E-state index contributed by atoms with van der Waals surface area (Å²) in [5.41, 5.74) is 3.03. The number of methoxy groups -OCH3 is 1. The average molecular weight is 306 g/mol. The van der Waals surface area contributed by atoms with E-state index in [2.05, 4.69) is 22.2 Å². The normalized spacial score (nSPS) is 12.1. The average Bonchev–Trinajstić information content (AvgIpc) is 2.77. The highest BCUT2D eigenvalue weighted by atomic mass is 32.1. The van der Waals surface area contributed by atoms with Crippen LogP contribution in [0, 0.1) is 13.8 Å². The van der Waals surface area contributed by atoms with Crippen LogP contribution in [0.4, 0.5) is 11.4 Å². The van der Waals surface area contributed by atoms with E-state index in [1.165, 1.54) is 4.88 Å². The summed E-state index contributed by atoms with van der Waals surface area (Å²) >= 11 is 1.72. The van der Waals surface area contributed by atoms with Crippen LogP contribution in [-0.4, -0.2) is 31.2 Å². The molecule has 0 aromatic carbocycles. The first-order chi connectivity index (χ1) is 9.93. The topological polar surface area (TPSA) is 50.3 Å². The molecule has 0 bridgehead atoms. The van der Waals surface area contributed by atoms with Crippen molar-refractivity contribution in [3.63, 3.8) is 0 Å². The minimum atomic E-state index is 0.146. The van der Waals surface area contributed by atoms with Gasteiger partial charge in [0, 0.05) is 25.2 Å². The molecule has 2 aromatic rings. The van der Waals surface area contributed by atoms with Crippen LogP contribution in [-0.2, 0) is 0 Å². The molecule has 1 N–H and O–H groups in total. The Morgan fingerprint density at radius 1 is 1.33 bits per heavy atom. The Kier molecular flexibility index (Phi) is 4.67. The highest BCUT2D eigenvalue weighted by Gasteiger charge is 2.18. The quantitative estimate of drug-likeness (QED) is 0.917. The van der Waals surface area contributed by atoms with Crippen LogP contribution in [0.5, 0.6) is 5.88 Å². The van der Waals surface area contributed by atoms with Gasteiger partial charge >= 0.3 is 0 Å². The third kappa shape index (κ3) is 3.26. The van der Waals surface area contributed by atoms with E-state index in [1.54, 1.807) is 24.6 Å². The second-order valence-electron chi connectivity index (χ2n) is 5.16. The zero-order valence-corrected chi connectivity index (χ0v) is 14.2. The van der Waals surface area contributed by atoms with Crippen molar-refractivity contribution in [1.82, 2.24) is 9.97 Å². The molecular weight excluding hydrogens is 284 g/mol. The molecule has 5 nitrogen and oxygen atoms in total. The Morgan fingerprint density at radius 3 is 2.57 bits per heavy atom. The predicted octanol–water partition coefficient (Wildman–Crippen LogP) is 3.40. The maximum absolute atomic E-state index is 5.40. The first kappa shape index (κ1) is 15.6. The molecule has 21 heavy (non-hydrogen) atoms. The van der Waals surface area contributed by atoms with Crippen molar-refractivity contribution in [2.24, 2.45) is 0 Å². The van der Waals surface area contributed by atoms with Crippen LogP contribution in [0.2, 0.25) is 0 Å². The number of aryl methyl sites for hydroxylation is 2. The van der Waals surface area contributed by atoms with Crippen molar-refractivity contribution in [3.05, 3.63) is 27.8 Å². The molecular formula is C15H22N4OS. The molecule has 1 atom stereocenters. The van der Waals surface area contributed by atoms with Crippen molar-refractivity contribution in [3.8, 4) is 5.88 Å². The van der Waals surface area contributed by atoms with Gasteiger partial charge in [0.25, 0.3) is 0 Å². The van der Waals surface area contributed by atoms with Gasteiger partial charge in [0.05, 0.1) is 29.5 Å². The lowest BCUT2D eigenvalue weighted by atomic mass is 10.2. The zero-order valence-electron chi connectivity index (χ0n) is 13.4. The Hall–Kier alpha value is -1.82. The van der Waals surface area contributed by atoms with E-state index in [0.717, 1.165) is 22.1 Å². The fourth-order valence-electron chi connectivity index (χ4n) is 2.33. The molecule has 0 radical (unpaired) electrons. The molecule has 0 saturated heterocycles. The third-order valence-corrected chi connectivity index (χ3v) is 4.52. The maximum Gasteiger partial charge on any atom is 0.239 e. The molecule has 0 fully saturated rings. The van der Waals surface area contributed by atoms with Gasteiger partial charge in [-0.2, -0.15) is 0 Å². The number of ether oxygens (including phenoxy) is 1. The first-order valence-electron chi connectivity index (χ1n) is 6.84. The Balaban J connectivity index is 2.36. The van der Waals surface area contributed by atoms with Crippen LogP contribution in [0.25, 0.3) is 0 Å². The minimum Gasteiger partial charge on any atom is -0.479 e. The minimum absolute atomic E-state index is 0.146. The van der Waals surface area contributed by atoms with Crippen LogP contribution >= 0.6 is 11.3 Å². The second-order valence-corrected chi connectivity index (χ2v) is 6.39. The monoisotopic (exact) mass is 306 g/mol. The molecule has 6 heteroatoms. The van der Waals surface area contributed by atoms with Crippen LogP contribution < -0.4 is 15.0 Å². The van der Waals surface area contributed by atoms with Crippen LogP contribution in [0.3, 0.4) is 0 Å². The van der Waals surface area contributed by atoms with Crippen LogP contribution in [0.1, 0.15) is 28.5 Å². The van der Waals surface area contributed by atoms with E-state index in [4.69, 9.17) is 4.74 Å². The molecule has 114 valence electrons. The number of anilines is 2. The molecule has 0 aliphatic carbocycles. The number of hydrogen-bond donors (Lipinski definition) is 1. The Labute approximate surface area is 130 Å². The number of thiazole rings is 1. The predicted molar refractivity (Wildman–Crippen MR) is 88.7 cm³/mol. The Bertz CT molecular complexity index is 624. The first-order valence-corrected chi connectivity index (χ1v) is 7.66. The SMILES string of the molecule is COc1nccc(N(C)C)c1NC(C)c1sc(C)nc1C. The molecule has 0 aliphatic rings. The molecule has 2 rings (SSSR count). The van der Waals surface area contributed by atoms with E-state index in [0.29, 0.717) is 5.88 Å². The van der Waals surface area contributed by atoms with Crippen molar-refractivity contribution in [2.75, 3.05) is 31.4 Å². The van der Waals surface area contributed by atoms with Gasteiger partial charge in [-0.05, 0) is 26.8 Å². The number of nitrogens with zero attached hydrogens (tertiary/aromatic N) is 3. The molecule has 2 heterocycles. The number of hydrogen-bond acceptors (Lipinski definition) is 6. The van der Waals surface area contributed by atoms with Gasteiger partial charge in [-0.1, -0.05) is 0 Å². The van der Waals surface area contributed by atoms with Crippen LogP contribution in [0.15, 0.2) is 12.3 Å². The van der Waals surface area contributed by atoms with Gasteiger partial charge in [0.2, 0.25) is 5.88 Å². The van der Waals surface area contributed by atoms with Gasteiger partial charge in [-0.15, -0.1) is 11.3 Å². The van der Waals surface area contributed by atoms with Gasteiger partial charge < -0.3 is 15.0 Å². The second kappa shape index (κ2) is 6.30. The third-order valence-electron chi connectivity index (χ3n) is 3.26. The van der Waals surface area contributed by atoms with Gasteiger partial charge in [0.15, 0.2) is 0 Å². The van der Waals surface area contributed by atoms with Gasteiger partial charge in [0.1, 0.15) is 5.69 Å². The lowest BCUT2D eigenvalue weighted by Gasteiger charge is -2.22. The summed E-state index contributed by atoms with van der Waals surface area (Å²) in [6.45, 7) is 6.21. The number of rotatable bonds is 5. The van der Waals surface area contributed by atoms with E-state index >= 15 is 0 Å². The molecule has 0 amide bonds. The summed E-state index contributed by atoms with van der Waals surface area (Å²) in [5, 5.41) is 4.61. The summed E-state index contributed by atoms with van der Waals surface area (Å²) in [5.74, 6) is 0.604. The standard InChI is InChI=1S/C15H22N4OS/c1-9-14(21-11(3)17-9)10(2)18-13-12(19(4)5)7-8-16-15(13)20-6/h7-8,10,18H,1-6H3. The lowest BCUT2D eigenvalue weighted by molar-refractivity contribution is 0.399. The zero-order chi connectivity index (χ0) is 15.6. The van der Waals surface area contributed by atoms with E-state index in [-0.39, 0.29) is 6.04 Å². The highest BCUT2D eigenvalue weighted by molar-refractivity contribution is 7.11. The number of nitrogens with one attached hydrogen (secondary N) is 1. The molecule has 0 aliphatic heterocycles. The van der Waals surface area contributed by atoms with Crippen molar-refractivity contribution in [2.45, 2.75) is 26.8 Å². The molecule has 0 saturated carbocycles. The largest absolute Gasteiger partial charge is 0.479 e. The number of pyridine rings is 1. The van der Waals surface area contributed by atoms with Gasteiger partial charge in [-0.3, -0.25) is 0 Å². The Morgan fingerprint density at radius 2 is 2.05 bits per heavy atom. The fraction of sp³-hybridized carbons (Fsp3) is 0.467. The summed E-state index contributed by atoms with van der Waals surface area (Å²) in [6.07, 6.45) is 1.76. The lowest BCUT2D eigenvalue weighted by Crippen LogP contribution is -2.15. The summed E-state index contributed by atoms with van der Waals surface area (Å²) in [6, 6.07) is 2.12. The maximum atomic E-state index is 5.40. The number of aromatic nitrogens is 2. The fourth-order valence-corrected chi connectivity index (χ4v) is 3.26. The van der Waals surface area contributed by atoms with Crippen molar-refractivity contribution in [1.29, 1.82) is 0 Å². The molecule has 2 aromatic heterocycles.